The molecule has 0 amide bonds. The van der Waals surface area contributed by atoms with Crippen molar-refractivity contribution in [1.82, 2.24) is 4.98 Å². The number of nitrogens with two attached hydrogens (primary N) is 1. The second-order valence-electron chi connectivity index (χ2n) is 3.87. The molecule has 0 radical (unpaired) electrons. The van der Waals surface area contributed by atoms with Crippen molar-refractivity contribution < 1.29 is 0 Å². The van der Waals surface area contributed by atoms with E-state index in [1.165, 1.54) is 30.6 Å². The Morgan fingerprint density at radius 1 is 1.40 bits per heavy atom. The number of amidine groups is 1. The van der Waals surface area contributed by atoms with Crippen LogP contribution < -0.4 is 10.6 Å². The SMILES string of the molecule is Cc1nc(N2CCCCC2)sc1C(=N)N. The number of nitrogen functional groups attached to an aromatic ring is 1. The first-order valence-corrected chi connectivity index (χ1v) is 6.07. The second kappa shape index (κ2) is 4.18. The van der Waals surface area contributed by atoms with E-state index in [4.69, 9.17) is 11.1 Å². The summed E-state index contributed by atoms with van der Waals surface area (Å²) in [4.78, 5) is 7.59. The average Bonchev–Trinajstić information content (AvgIpc) is 2.62. The molecule has 1 fully saturated rings. The molecule has 0 bridgehead atoms. The fourth-order valence-corrected chi connectivity index (χ4v) is 2.83. The van der Waals surface area contributed by atoms with Crippen molar-refractivity contribution in [3.8, 4) is 0 Å². The van der Waals surface area contributed by atoms with Gasteiger partial charge in [0.15, 0.2) is 5.13 Å². The van der Waals surface area contributed by atoms with Gasteiger partial charge in [0.25, 0.3) is 0 Å². The monoisotopic (exact) mass is 224 g/mol. The molecule has 1 saturated heterocycles. The number of hydrogen-bond acceptors (Lipinski definition) is 4. The highest BCUT2D eigenvalue weighted by molar-refractivity contribution is 7.17. The lowest BCUT2D eigenvalue weighted by molar-refractivity contribution is 0.576. The van der Waals surface area contributed by atoms with Crippen molar-refractivity contribution >= 4 is 22.3 Å². The van der Waals surface area contributed by atoms with Gasteiger partial charge in [0, 0.05) is 13.1 Å². The topological polar surface area (TPSA) is 66.0 Å². The number of thiazole rings is 1. The van der Waals surface area contributed by atoms with Gasteiger partial charge in [-0.05, 0) is 26.2 Å². The molecule has 3 N–H and O–H groups in total. The molecule has 1 aliphatic rings. The maximum Gasteiger partial charge on any atom is 0.186 e. The Morgan fingerprint density at radius 2 is 2.07 bits per heavy atom. The van der Waals surface area contributed by atoms with Crippen LogP contribution in [0.25, 0.3) is 0 Å². The van der Waals surface area contributed by atoms with Crippen LogP contribution in [-0.2, 0) is 0 Å². The summed E-state index contributed by atoms with van der Waals surface area (Å²) >= 11 is 1.54. The van der Waals surface area contributed by atoms with Gasteiger partial charge in [-0.3, -0.25) is 5.41 Å². The quantitative estimate of drug-likeness (QED) is 0.594. The summed E-state index contributed by atoms with van der Waals surface area (Å²) in [5.41, 5.74) is 6.38. The Kier molecular flexibility index (Phi) is 2.90. The molecule has 0 aromatic carbocycles. The number of piperidine rings is 1. The molecular formula is C10H16N4S. The zero-order valence-corrected chi connectivity index (χ0v) is 9.73. The molecule has 0 saturated carbocycles. The van der Waals surface area contributed by atoms with Crippen LogP contribution in [0.15, 0.2) is 0 Å². The lowest BCUT2D eigenvalue weighted by atomic mass is 10.1. The summed E-state index contributed by atoms with van der Waals surface area (Å²) in [6, 6.07) is 0. The molecule has 0 atom stereocenters. The van der Waals surface area contributed by atoms with Crippen LogP contribution >= 0.6 is 11.3 Å². The summed E-state index contributed by atoms with van der Waals surface area (Å²) in [6.45, 7) is 4.09. The fourth-order valence-electron chi connectivity index (χ4n) is 1.85. The molecule has 0 unspecified atom stereocenters. The van der Waals surface area contributed by atoms with Gasteiger partial charge in [0.2, 0.25) is 0 Å². The second-order valence-corrected chi connectivity index (χ2v) is 4.85. The van der Waals surface area contributed by atoms with Gasteiger partial charge >= 0.3 is 0 Å². The van der Waals surface area contributed by atoms with Gasteiger partial charge in [-0.15, -0.1) is 0 Å². The Hall–Kier alpha value is -1.10. The van der Waals surface area contributed by atoms with Gasteiger partial charge in [-0.1, -0.05) is 11.3 Å². The smallest absolute Gasteiger partial charge is 0.186 e. The fraction of sp³-hybridized carbons (Fsp3) is 0.600. The third-order valence-electron chi connectivity index (χ3n) is 2.66. The van der Waals surface area contributed by atoms with Crippen molar-refractivity contribution in [3.63, 3.8) is 0 Å². The van der Waals surface area contributed by atoms with Gasteiger partial charge in [-0.2, -0.15) is 0 Å². The molecular weight excluding hydrogens is 208 g/mol. The third-order valence-corrected chi connectivity index (χ3v) is 3.91. The molecule has 1 aromatic heterocycles. The van der Waals surface area contributed by atoms with E-state index in [1.54, 1.807) is 0 Å². The first kappa shape index (κ1) is 10.4. The van der Waals surface area contributed by atoms with Gasteiger partial charge < -0.3 is 10.6 Å². The summed E-state index contributed by atoms with van der Waals surface area (Å²) < 4.78 is 0. The molecule has 15 heavy (non-hydrogen) atoms. The Balaban J connectivity index is 2.21. The zero-order chi connectivity index (χ0) is 10.8. The Bertz CT molecular complexity index is 365. The van der Waals surface area contributed by atoms with Crippen molar-refractivity contribution in [3.05, 3.63) is 10.6 Å². The van der Waals surface area contributed by atoms with Gasteiger partial charge in [0.1, 0.15) is 5.84 Å². The molecule has 2 heterocycles. The number of rotatable bonds is 2. The molecule has 1 aromatic rings. The average molecular weight is 224 g/mol. The Morgan fingerprint density at radius 3 is 2.60 bits per heavy atom. The predicted octanol–water partition coefficient (Wildman–Crippen LogP) is 1.73. The highest BCUT2D eigenvalue weighted by Crippen LogP contribution is 2.27. The standard InChI is InChI=1S/C10H16N4S/c1-7-8(9(11)12)15-10(13-7)14-5-3-2-4-6-14/h2-6H2,1H3,(H3,11,12). The van der Waals surface area contributed by atoms with Crippen molar-refractivity contribution in [1.29, 1.82) is 5.41 Å². The largest absolute Gasteiger partial charge is 0.383 e. The lowest BCUT2D eigenvalue weighted by Gasteiger charge is -2.25. The van der Waals surface area contributed by atoms with E-state index in [-0.39, 0.29) is 5.84 Å². The van der Waals surface area contributed by atoms with E-state index in [9.17, 15) is 0 Å². The number of aromatic nitrogens is 1. The summed E-state index contributed by atoms with van der Waals surface area (Å²) in [5.74, 6) is 0.133. The zero-order valence-electron chi connectivity index (χ0n) is 8.92. The number of aryl methyl sites for hydroxylation is 1. The third kappa shape index (κ3) is 2.12. The van der Waals surface area contributed by atoms with Gasteiger partial charge in [0.05, 0.1) is 10.6 Å². The minimum absolute atomic E-state index is 0.133. The van der Waals surface area contributed by atoms with Crippen LogP contribution in [0.4, 0.5) is 5.13 Å². The minimum atomic E-state index is 0.133. The molecule has 82 valence electrons. The van der Waals surface area contributed by atoms with E-state index >= 15 is 0 Å². The first-order chi connectivity index (χ1) is 7.18. The molecule has 4 nitrogen and oxygen atoms in total. The summed E-state index contributed by atoms with van der Waals surface area (Å²) in [5, 5.41) is 8.46. The van der Waals surface area contributed by atoms with Crippen LogP contribution in [0, 0.1) is 12.3 Å². The van der Waals surface area contributed by atoms with E-state index in [1.807, 2.05) is 6.92 Å². The number of nitrogens with zero attached hydrogens (tertiary/aromatic N) is 2. The molecule has 0 spiro atoms. The van der Waals surface area contributed by atoms with Crippen LogP contribution in [0.3, 0.4) is 0 Å². The van der Waals surface area contributed by atoms with E-state index in [0.717, 1.165) is 28.8 Å². The molecule has 0 aliphatic carbocycles. The lowest BCUT2D eigenvalue weighted by Crippen LogP contribution is -2.29. The first-order valence-electron chi connectivity index (χ1n) is 5.25. The van der Waals surface area contributed by atoms with E-state index in [0.29, 0.717) is 0 Å². The normalized spacial score (nSPS) is 16.7. The maximum absolute atomic E-state index is 7.43. The summed E-state index contributed by atoms with van der Waals surface area (Å²) in [6.07, 6.45) is 3.81. The molecule has 5 heteroatoms. The van der Waals surface area contributed by atoms with Crippen LogP contribution in [0.1, 0.15) is 29.8 Å². The highest BCUT2D eigenvalue weighted by atomic mass is 32.1. The van der Waals surface area contributed by atoms with Gasteiger partial charge in [-0.25, -0.2) is 4.98 Å². The molecule has 2 rings (SSSR count). The molecule has 1 aliphatic heterocycles. The van der Waals surface area contributed by atoms with Crippen molar-refractivity contribution in [2.24, 2.45) is 5.73 Å². The number of anilines is 1. The minimum Gasteiger partial charge on any atom is -0.383 e. The number of nitrogens with one attached hydrogen (secondary N) is 1. The number of hydrogen-bond donors (Lipinski definition) is 2. The van der Waals surface area contributed by atoms with Crippen molar-refractivity contribution in [2.75, 3.05) is 18.0 Å². The van der Waals surface area contributed by atoms with Crippen molar-refractivity contribution in [2.45, 2.75) is 26.2 Å². The predicted molar refractivity (Wildman–Crippen MR) is 63.9 cm³/mol. The van der Waals surface area contributed by atoms with E-state index in [2.05, 4.69) is 9.88 Å². The maximum atomic E-state index is 7.43. The van der Waals surface area contributed by atoms with Crippen LogP contribution in [0.5, 0.6) is 0 Å². The van der Waals surface area contributed by atoms with Crippen LogP contribution in [0.2, 0.25) is 0 Å². The Labute approximate surface area is 93.6 Å². The van der Waals surface area contributed by atoms with E-state index < -0.39 is 0 Å². The summed E-state index contributed by atoms with van der Waals surface area (Å²) in [7, 11) is 0. The highest BCUT2D eigenvalue weighted by Gasteiger charge is 2.17. The van der Waals surface area contributed by atoms with Crippen LogP contribution in [-0.4, -0.2) is 23.9 Å².